The van der Waals surface area contributed by atoms with E-state index in [1.54, 1.807) is 7.11 Å². The first kappa shape index (κ1) is 14.0. The highest BCUT2D eigenvalue weighted by Gasteiger charge is 2.21. The first-order chi connectivity index (χ1) is 12.1. The Morgan fingerprint density at radius 1 is 1.25 bits per heavy atom. The molecule has 0 radical (unpaired) electrons. The minimum atomic E-state index is 0.449. The smallest absolute Gasteiger partial charge is 0.124 e. The maximum absolute atomic E-state index is 7.82. The molecule has 0 amide bonds. The van der Waals surface area contributed by atoms with E-state index in [-0.39, 0.29) is 0 Å². The number of ether oxygens (including phenoxy) is 1. The lowest BCUT2D eigenvalue weighted by molar-refractivity contribution is 0.407. The van der Waals surface area contributed by atoms with Crippen molar-refractivity contribution in [1.82, 2.24) is 4.98 Å². The highest BCUT2D eigenvalue weighted by atomic mass is 16.5. The predicted molar refractivity (Wildman–Crippen MR) is 100 cm³/mol. The molecule has 0 saturated carbocycles. The summed E-state index contributed by atoms with van der Waals surface area (Å²) >= 11 is 0. The third-order valence-corrected chi connectivity index (χ3v) is 5.02. The molecule has 124 valence electrons. The van der Waals surface area contributed by atoms with Crippen molar-refractivity contribution in [2.75, 3.05) is 18.6 Å². The fraction of sp³-hybridized carbons (Fsp3) is 0.333. The molecule has 0 atom stereocenters. The average Bonchev–Trinajstić information content (AvgIpc) is 2.97. The lowest BCUT2D eigenvalue weighted by Gasteiger charge is -2.30. The van der Waals surface area contributed by atoms with Gasteiger partial charge in [-0.2, -0.15) is 0 Å². The van der Waals surface area contributed by atoms with Gasteiger partial charge in [0.2, 0.25) is 0 Å². The summed E-state index contributed by atoms with van der Waals surface area (Å²) < 4.78 is 13.4. The van der Waals surface area contributed by atoms with Crippen LogP contribution >= 0.6 is 0 Å². The van der Waals surface area contributed by atoms with Crippen LogP contribution in [0, 0.1) is 0 Å². The Balaban J connectivity index is 1.67. The van der Waals surface area contributed by atoms with Crippen LogP contribution in [0.4, 0.5) is 5.69 Å². The molecule has 0 fully saturated rings. The Kier molecular flexibility index (Phi) is 3.43. The summed E-state index contributed by atoms with van der Waals surface area (Å²) in [4.78, 5) is 5.92. The number of fused-ring (bicyclic) bond motifs is 3. The van der Waals surface area contributed by atoms with Crippen LogP contribution in [0.15, 0.2) is 42.4 Å². The van der Waals surface area contributed by atoms with E-state index in [0.29, 0.717) is 12.0 Å². The topological polar surface area (TPSA) is 28.3 Å². The van der Waals surface area contributed by atoms with Crippen LogP contribution in [0.5, 0.6) is 5.75 Å². The molecule has 24 heavy (non-hydrogen) atoms. The van der Waals surface area contributed by atoms with Gasteiger partial charge in [0.25, 0.3) is 0 Å². The molecule has 3 aromatic rings. The number of aromatic amines is 1. The zero-order chi connectivity index (χ0) is 17.6. The molecule has 1 aliphatic rings. The summed E-state index contributed by atoms with van der Waals surface area (Å²) in [6.45, 7) is 6.24. The molecule has 0 bridgehead atoms. The number of aromatic nitrogens is 1. The van der Waals surface area contributed by atoms with Gasteiger partial charge in [-0.25, -0.2) is 0 Å². The van der Waals surface area contributed by atoms with Crippen molar-refractivity contribution in [3.05, 3.63) is 59.3 Å². The first-order valence-corrected chi connectivity index (χ1v) is 8.59. The molecule has 0 aliphatic carbocycles. The van der Waals surface area contributed by atoms with Gasteiger partial charge >= 0.3 is 0 Å². The maximum Gasteiger partial charge on any atom is 0.124 e. The molecular weight excluding hydrogens is 296 g/mol. The van der Waals surface area contributed by atoms with Crippen molar-refractivity contribution in [1.29, 1.82) is 0 Å². The van der Waals surface area contributed by atoms with Crippen molar-refractivity contribution in [2.45, 2.75) is 32.7 Å². The number of hydrogen-bond donors (Lipinski definition) is 1. The number of para-hydroxylation sites is 1. The van der Waals surface area contributed by atoms with Crippen molar-refractivity contribution in [2.24, 2.45) is 0 Å². The van der Waals surface area contributed by atoms with Crippen LogP contribution in [0.2, 0.25) is 0 Å². The van der Waals surface area contributed by atoms with Gasteiger partial charge in [-0.1, -0.05) is 38.1 Å². The second kappa shape index (κ2) is 5.90. The molecule has 2 aromatic carbocycles. The Labute approximate surface area is 144 Å². The molecule has 2 heterocycles. The Morgan fingerprint density at radius 2 is 2.12 bits per heavy atom. The van der Waals surface area contributed by atoms with E-state index in [0.717, 1.165) is 30.8 Å². The fourth-order valence-corrected chi connectivity index (χ4v) is 3.73. The zero-order valence-electron chi connectivity index (χ0n) is 15.5. The van der Waals surface area contributed by atoms with Crippen LogP contribution in [0.25, 0.3) is 10.9 Å². The van der Waals surface area contributed by atoms with Crippen molar-refractivity contribution < 1.29 is 6.11 Å². The quantitative estimate of drug-likeness (QED) is 0.746. The average molecular weight is 321 g/mol. The van der Waals surface area contributed by atoms with E-state index in [9.17, 15) is 0 Å². The highest BCUT2D eigenvalue weighted by molar-refractivity contribution is 5.85. The largest absolute Gasteiger partial charge is 0.496 e. The van der Waals surface area contributed by atoms with E-state index < -0.39 is 0 Å². The summed E-state index contributed by atoms with van der Waals surface area (Å²) in [7, 11) is 1.75. The Bertz CT molecular complexity index is 929. The SMILES string of the molecule is [2H]c1ccc2c3c([nH]c2c1)CN(c1ccc(C(C)C)c(OC)c1)CC3. The van der Waals surface area contributed by atoms with Crippen LogP contribution in [-0.2, 0) is 13.0 Å². The minimum Gasteiger partial charge on any atom is -0.496 e. The van der Waals surface area contributed by atoms with Crippen LogP contribution < -0.4 is 9.64 Å². The molecule has 0 spiro atoms. The normalized spacial score (nSPS) is 14.8. The van der Waals surface area contributed by atoms with Gasteiger partial charge in [0, 0.05) is 34.9 Å². The second-order valence-corrected chi connectivity index (χ2v) is 6.81. The van der Waals surface area contributed by atoms with Gasteiger partial charge < -0.3 is 14.6 Å². The minimum absolute atomic E-state index is 0.449. The third kappa shape index (κ3) is 2.44. The van der Waals surface area contributed by atoms with Crippen molar-refractivity contribution in [3.63, 3.8) is 0 Å². The van der Waals surface area contributed by atoms with Gasteiger partial charge in [0.05, 0.1) is 15.0 Å². The molecule has 0 saturated heterocycles. The summed E-state index contributed by atoms with van der Waals surface area (Å²) in [5, 5.41) is 1.26. The van der Waals surface area contributed by atoms with E-state index in [4.69, 9.17) is 6.11 Å². The van der Waals surface area contributed by atoms with Gasteiger partial charge in [0.15, 0.2) is 0 Å². The van der Waals surface area contributed by atoms with Crippen molar-refractivity contribution in [3.8, 4) is 5.75 Å². The molecule has 3 nitrogen and oxygen atoms in total. The highest BCUT2D eigenvalue weighted by Crippen LogP contribution is 2.34. The number of nitrogens with zero attached hydrogens (tertiary/aromatic N) is 1. The lowest BCUT2D eigenvalue weighted by atomic mass is 10.00. The van der Waals surface area contributed by atoms with Crippen LogP contribution in [-0.4, -0.2) is 18.6 Å². The second-order valence-electron chi connectivity index (χ2n) is 6.81. The van der Waals surface area contributed by atoms with Crippen molar-refractivity contribution >= 4 is 16.6 Å². The summed E-state index contributed by atoms with van der Waals surface area (Å²) in [6, 6.07) is 13.0. The van der Waals surface area contributed by atoms with E-state index in [1.165, 1.54) is 27.9 Å². The van der Waals surface area contributed by atoms with Gasteiger partial charge in [-0.05, 0) is 35.6 Å². The molecule has 3 heteroatoms. The summed E-state index contributed by atoms with van der Waals surface area (Å²) in [5.41, 5.74) is 6.19. The van der Waals surface area contributed by atoms with Crippen LogP contribution in [0.1, 0.15) is 38.0 Å². The first-order valence-electron chi connectivity index (χ1n) is 9.09. The Hall–Kier alpha value is -2.42. The monoisotopic (exact) mass is 321 g/mol. The van der Waals surface area contributed by atoms with Gasteiger partial charge in [-0.15, -0.1) is 0 Å². The fourth-order valence-electron chi connectivity index (χ4n) is 3.73. The number of H-pyrrole nitrogens is 1. The third-order valence-electron chi connectivity index (χ3n) is 5.02. The number of anilines is 1. The summed E-state index contributed by atoms with van der Waals surface area (Å²) in [5.74, 6) is 1.42. The van der Waals surface area contributed by atoms with Gasteiger partial charge in [-0.3, -0.25) is 0 Å². The predicted octanol–water partition coefficient (Wildman–Crippen LogP) is 4.86. The molecule has 1 aliphatic heterocycles. The summed E-state index contributed by atoms with van der Waals surface area (Å²) in [6.07, 6.45) is 1.01. The van der Waals surface area contributed by atoms with E-state index >= 15 is 0 Å². The maximum atomic E-state index is 7.82. The Morgan fingerprint density at radius 3 is 2.92 bits per heavy atom. The molecular formula is C21H24N2O. The van der Waals surface area contributed by atoms with Gasteiger partial charge in [0.1, 0.15) is 5.75 Å². The molecule has 0 unspecified atom stereocenters. The molecule has 1 aromatic heterocycles. The molecule has 4 rings (SSSR count). The zero-order valence-corrected chi connectivity index (χ0v) is 14.5. The number of nitrogens with one attached hydrogen (secondary N) is 1. The number of rotatable bonds is 3. The van der Waals surface area contributed by atoms with Crippen LogP contribution in [0.3, 0.4) is 0 Å². The number of methoxy groups -OCH3 is 1. The lowest BCUT2D eigenvalue weighted by Crippen LogP contribution is -2.30. The van der Waals surface area contributed by atoms with E-state index in [1.807, 2.05) is 12.1 Å². The standard InChI is InChI=1S/C21H24N2O/c1-14(2)16-9-8-15(12-21(16)24-3)23-11-10-18-17-6-4-5-7-19(17)22-20(18)13-23/h4-9,12,14,22H,10-11,13H2,1-3H3/i5D. The number of hydrogen-bond acceptors (Lipinski definition) is 2. The van der Waals surface area contributed by atoms with E-state index in [2.05, 4.69) is 48.0 Å². The number of benzene rings is 2. The molecule has 1 N–H and O–H groups in total.